The molecule has 3 N–H and O–H groups in total. The number of amides is 2. The van der Waals surface area contributed by atoms with Crippen molar-refractivity contribution in [1.29, 1.82) is 0 Å². The molecule has 23 heavy (non-hydrogen) atoms. The van der Waals surface area contributed by atoms with E-state index in [0.717, 1.165) is 0 Å². The Kier molecular flexibility index (Phi) is 5.73. The molecule has 2 rings (SSSR count). The molecule has 1 atom stereocenters. The highest BCUT2D eigenvalue weighted by molar-refractivity contribution is 6.31. The number of hydrogen-bond donors (Lipinski definition) is 3. The van der Waals surface area contributed by atoms with Gasteiger partial charge in [0.25, 0.3) is 11.8 Å². The van der Waals surface area contributed by atoms with E-state index in [1.165, 1.54) is 12.1 Å². The summed E-state index contributed by atoms with van der Waals surface area (Å²) in [6.45, 7) is 2.26. The van der Waals surface area contributed by atoms with Gasteiger partial charge in [-0.25, -0.2) is 0 Å². The Morgan fingerprint density at radius 3 is 2.52 bits per heavy atom. The summed E-state index contributed by atoms with van der Waals surface area (Å²) in [6, 6.07) is 13.1. The SMILES string of the molecule is CCNC(=O)c1ccc(Cl)cc1NC(=O)C(O)c1ccccc1. The Balaban J connectivity index is 2.23. The van der Waals surface area contributed by atoms with E-state index in [9.17, 15) is 14.7 Å². The van der Waals surface area contributed by atoms with E-state index < -0.39 is 12.0 Å². The second-order valence-corrected chi connectivity index (χ2v) is 5.29. The Hall–Kier alpha value is -2.37. The molecule has 0 radical (unpaired) electrons. The summed E-state index contributed by atoms with van der Waals surface area (Å²) in [5.41, 5.74) is 1.000. The van der Waals surface area contributed by atoms with Crippen molar-refractivity contribution in [3.8, 4) is 0 Å². The van der Waals surface area contributed by atoms with Gasteiger partial charge in [0, 0.05) is 11.6 Å². The molecule has 0 heterocycles. The predicted octanol–water partition coefficient (Wildman–Crippen LogP) is 2.76. The number of benzene rings is 2. The van der Waals surface area contributed by atoms with Crippen LogP contribution in [0.2, 0.25) is 5.02 Å². The molecule has 2 aromatic rings. The highest BCUT2D eigenvalue weighted by Crippen LogP contribution is 2.23. The average molecular weight is 333 g/mol. The van der Waals surface area contributed by atoms with Gasteiger partial charge in [-0.15, -0.1) is 0 Å². The summed E-state index contributed by atoms with van der Waals surface area (Å²) in [6.07, 6.45) is -1.34. The molecule has 0 fully saturated rings. The van der Waals surface area contributed by atoms with E-state index in [-0.39, 0.29) is 17.2 Å². The lowest BCUT2D eigenvalue weighted by Crippen LogP contribution is -2.26. The van der Waals surface area contributed by atoms with Gasteiger partial charge in [0.1, 0.15) is 0 Å². The zero-order valence-corrected chi connectivity index (χ0v) is 13.3. The van der Waals surface area contributed by atoms with Crippen LogP contribution in [0.1, 0.15) is 28.9 Å². The first-order chi connectivity index (χ1) is 11.0. The maximum absolute atomic E-state index is 12.2. The minimum absolute atomic E-state index is 0.253. The lowest BCUT2D eigenvalue weighted by Gasteiger charge is -2.14. The number of halogens is 1. The van der Waals surface area contributed by atoms with Crippen molar-refractivity contribution < 1.29 is 14.7 Å². The highest BCUT2D eigenvalue weighted by atomic mass is 35.5. The van der Waals surface area contributed by atoms with Crippen molar-refractivity contribution in [1.82, 2.24) is 5.32 Å². The lowest BCUT2D eigenvalue weighted by molar-refractivity contribution is -0.124. The molecule has 0 spiro atoms. The van der Waals surface area contributed by atoms with E-state index in [4.69, 9.17) is 11.6 Å². The van der Waals surface area contributed by atoms with Crippen LogP contribution in [0.4, 0.5) is 5.69 Å². The Morgan fingerprint density at radius 1 is 1.17 bits per heavy atom. The zero-order chi connectivity index (χ0) is 16.8. The fourth-order valence-electron chi connectivity index (χ4n) is 2.06. The van der Waals surface area contributed by atoms with Gasteiger partial charge in [0.15, 0.2) is 6.10 Å². The van der Waals surface area contributed by atoms with Crippen LogP contribution in [0.3, 0.4) is 0 Å². The summed E-state index contributed by atoms with van der Waals surface area (Å²) in [4.78, 5) is 24.3. The molecule has 0 aliphatic rings. The number of nitrogens with one attached hydrogen (secondary N) is 2. The topological polar surface area (TPSA) is 78.4 Å². The molecular formula is C17H17ClN2O3. The standard InChI is InChI=1S/C17H17ClN2O3/c1-2-19-16(22)13-9-8-12(18)10-14(13)20-17(23)15(21)11-6-4-3-5-7-11/h3-10,15,21H,2H2,1H3,(H,19,22)(H,20,23). The molecule has 0 aliphatic heterocycles. The summed E-state index contributed by atoms with van der Waals surface area (Å²) >= 11 is 5.93. The molecule has 2 aromatic carbocycles. The lowest BCUT2D eigenvalue weighted by atomic mass is 10.1. The van der Waals surface area contributed by atoms with Gasteiger partial charge in [0.05, 0.1) is 11.3 Å². The molecule has 6 heteroatoms. The minimum Gasteiger partial charge on any atom is -0.378 e. The minimum atomic E-state index is -1.34. The van der Waals surface area contributed by atoms with Gasteiger partial charge in [-0.2, -0.15) is 0 Å². The smallest absolute Gasteiger partial charge is 0.257 e. The van der Waals surface area contributed by atoms with E-state index in [2.05, 4.69) is 10.6 Å². The molecule has 120 valence electrons. The summed E-state index contributed by atoms with van der Waals surface area (Å²) in [5.74, 6) is -0.960. The molecule has 0 aromatic heterocycles. The molecule has 2 amide bonds. The first kappa shape index (κ1) is 17.0. The number of rotatable bonds is 5. The highest BCUT2D eigenvalue weighted by Gasteiger charge is 2.20. The van der Waals surface area contributed by atoms with E-state index in [1.807, 2.05) is 0 Å². The second-order valence-electron chi connectivity index (χ2n) is 4.85. The van der Waals surface area contributed by atoms with Crippen LogP contribution in [-0.4, -0.2) is 23.5 Å². The molecule has 0 saturated heterocycles. The third kappa shape index (κ3) is 4.31. The Bertz CT molecular complexity index is 704. The zero-order valence-electron chi connectivity index (χ0n) is 12.5. The van der Waals surface area contributed by atoms with Crippen LogP contribution in [0.25, 0.3) is 0 Å². The van der Waals surface area contributed by atoms with E-state index in [0.29, 0.717) is 17.1 Å². The van der Waals surface area contributed by atoms with Crippen LogP contribution >= 0.6 is 11.6 Å². The first-order valence-electron chi connectivity index (χ1n) is 7.14. The normalized spacial score (nSPS) is 11.6. The van der Waals surface area contributed by atoms with E-state index in [1.54, 1.807) is 43.3 Å². The molecule has 1 unspecified atom stereocenters. The molecule has 0 aliphatic carbocycles. The number of anilines is 1. The second kappa shape index (κ2) is 7.76. The van der Waals surface area contributed by atoms with Crippen molar-refractivity contribution in [3.05, 3.63) is 64.7 Å². The van der Waals surface area contributed by atoms with Gasteiger partial charge in [-0.1, -0.05) is 41.9 Å². The van der Waals surface area contributed by atoms with Gasteiger partial charge in [0.2, 0.25) is 0 Å². The molecule has 5 nitrogen and oxygen atoms in total. The van der Waals surface area contributed by atoms with Crippen LogP contribution in [-0.2, 0) is 4.79 Å². The fraction of sp³-hybridized carbons (Fsp3) is 0.176. The van der Waals surface area contributed by atoms with Crippen LogP contribution in [0.15, 0.2) is 48.5 Å². The molecular weight excluding hydrogens is 316 g/mol. The quantitative estimate of drug-likeness (QED) is 0.787. The number of aliphatic hydroxyl groups excluding tert-OH is 1. The third-order valence-electron chi connectivity index (χ3n) is 3.19. The van der Waals surface area contributed by atoms with Crippen LogP contribution in [0, 0.1) is 0 Å². The van der Waals surface area contributed by atoms with E-state index >= 15 is 0 Å². The largest absolute Gasteiger partial charge is 0.378 e. The predicted molar refractivity (Wildman–Crippen MR) is 89.5 cm³/mol. The van der Waals surface area contributed by atoms with Gasteiger partial charge < -0.3 is 15.7 Å². The van der Waals surface area contributed by atoms with Crippen LogP contribution < -0.4 is 10.6 Å². The first-order valence-corrected chi connectivity index (χ1v) is 7.52. The summed E-state index contributed by atoms with van der Waals surface area (Å²) < 4.78 is 0. The van der Waals surface area contributed by atoms with Crippen molar-refractivity contribution in [3.63, 3.8) is 0 Å². The monoisotopic (exact) mass is 332 g/mol. The van der Waals surface area contributed by atoms with Crippen molar-refractivity contribution in [2.75, 3.05) is 11.9 Å². The summed E-state index contributed by atoms with van der Waals surface area (Å²) in [7, 11) is 0. The van der Waals surface area contributed by atoms with Crippen molar-refractivity contribution >= 4 is 29.1 Å². The number of carbonyl (C=O) groups excluding carboxylic acids is 2. The number of aliphatic hydroxyl groups is 1. The summed E-state index contributed by atoms with van der Waals surface area (Å²) in [5, 5.41) is 15.7. The van der Waals surface area contributed by atoms with Crippen LogP contribution in [0.5, 0.6) is 0 Å². The molecule has 0 saturated carbocycles. The third-order valence-corrected chi connectivity index (χ3v) is 3.42. The maximum atomic E-state index is 12.2. The molecule has 0 bridgehead atoms. The fourth-order valence-corrected chi connectivity index (χ4v) is 2.23. The van der Waals surface area contributed by atoms with Gasteiger partial charge >= 0.3 is 0 Å². The van der Waals surface area contributed by atoms with Crippen molar-refractivity contribution in [2.45, 2.75) is 13.0 Å². The number of carbonyl (C=O) groups is 2. The van der Waals surface area contributed by atoms with Gasteiger partial charge in [-0.05, 0) is 30.7 Å². The Morgan fingerprint density at radius 2 is 1.87 bits per heavy atom. The average Bonchev–Trinajstić information content (AvgIpc) is 2.55. The number of hydrogen-bond acceptors (Lipinski definition) is 3. The van der Waals surface area contributed by atoms with Crippen molar-refractivity contribution in [2.24, 2.45) is 0 Å². The Labute approximate surface area is 139 Å². The maximum Gasteiger partial charge on any atom is 0.257 e. The van der Waals surface area contributed by atoms with Gasteiger partial charge in [-0.3, -0.25) is 9.59 Å².